The van der Waals surface area contributed by atoms with Crippen molar-refractivity contribution in [1.82, 2.24) is 4.90 Å². The van der Waals surface area contributed by atoms with Crippen molar-refractivity contribution in [3.05, 3.63) is 69.2 Å². The van der Waals surface area contributed by atoms with Crippen molar-refractivity contribution in [3.8, 4) is 5.75 Å². The third kappa shape index (κ3) is 4.10. The molecule has 1 amide bonds. The highest BCUT2D eigenvalue weighted by Crippen LogP contribution is 2.41. The van der Waals surface area contributed by atoms with Crippen LogP contribution in [0.1, 0.15) is 17.2 Å². The molecule has 0 bridgehead atoms. The van der Waals surface area contributed by atoms with E-state index in [1.807, 2.05) is 0 Å². The molecule has 1 aliphatic rings. The highest BCUT2D eigenvalue weighted by atomic mass is 35.5. The molecule has 0 spiro atoms. The number of ketones is 1. The maximum Gasteiger partial charge on any atom is 0.295 e. The van der Waals surface area contributed by atoms with E-state index in [1.54, 1.807) is 36.4 Å². The second-order valence-electron chi connectivity index (χ2n) is 6.38. The Morgan fingerprint density at radius 2 is 1.72 bits per heavy atom. The Bertz CT molecular complexity index is 972. The van der Waals surface area contributed by atoms with Crippen molar-refractivity contribution in [2.75, 3.05) is 27.4 Å². The Balaban J connectivity index is 2.22. The van der Waals surface area contributed by atoms with Crippen LogP contribution in [0.4, 0.5) is 0 Å². The molecule has 0 aromatic heterocycles. The van der Waals surface area contributed by atoms with Gasteiger partial charge >= 0.3 is 0 Å². The van der Waals surface area contributed by atoms with Crippen LogP contribution < -0.4 is 4.74 Å². The van der Waals surface area contributed by atoms with Crippen LogP contribution in [-0.2, 0) is 14.3 Å². The summed E-state index contributed by atoms with van der Waals surface area (Å²) in [5, 5.41) is 11.9. The molecule has 1 atom stereocenters. The predicted octanol–water partition coefficient (Wildman–Crippen LogP) is 4.07. The van der Waals surface area contributed by atoms with Crippen molar-refractivity contribution in [3.63, 3.8) is 0 Å². The van der Waals surface area contributed by atoms with Crippen LogP contribution in [-0.4, -0.2) is 49.1 Å². The van der Waals surface area contributed by atoms with Gasteiger partial charge in [-0.1, -0.05) is 35.3 Å². The van der Waals surface area contributed by atoms with Crippen LogP contribution in [0.5, 0.6) is 5.75 Å². The average Bonchev–Trinajstić information content (AvgIpc) is 2.97. The number of hydrogen-bond donors (Lipinski definition) is 1. The van der Waals surface area contributed by atoms with Gasteiger partial charge in [0.25, 0.3) is 11.7 Å². The minimum absolute atomic E-state index is 0.0472. The summed E-state index contributed by atoms with van der Waals surface area (Å²) in [7, 11) is 2.94. The largest absolute Gasteiger partial charge is 0.507 e. The maximum absolute atomic E-state index is 12.9. The molecule has 29 heavy (non-hydrogen) atoms. The first-order valence-electron chi connectivity index (χ1n) is 8.75. The summed E-state index contributed by atoms with van der Waals surface area (Å²) in [6, 6.07) is 10.6. The smallest absolute Gasteiger partial charge is 0.295 e. The van der Waals surface area contributed by atoms with E-state index in [1.165, 1.54) is 25.2 Å². The SMILES string of the molecule is COCCN1C(=O)C(=O)/C(=C(/O)c2cc(Cl)ccc2OC)C1c1ccc(Cl)cc1. The quantitative estimate of drug-likeness (QED) is 0.420. The summed E-state index contributed by atoms with van der Waals surface area (Å²) < 4.78 is 10.4. The fourth-order valence-corrected chi connectivity index (χ4v) is 3.60. The van der Waals surface area contributed by atoms with Crippen molar-refractivity contribution in [2.45, 2.75) is 6.04 Å². The molecule has 0 saturated carbocycles. The summed E-state index contributed by atoms with van der Waals surface area (Å²) in [5.74, 6) is -1.54. The molecule has 1 heterocycles. The van der Waals surface area contributed by atoms with Gasteiger partial charge in [-0.25, -0.2) is 0 Å². The molecule has 2 aromatic rings. The number of ether oxygens (including phenoxy) is 2. The summed E-state index contributed by atoms with van der Waals surface area (Å²) in [5.41, 5.74) is 0.810. The molecule has 3 rings (SSSR count). The monoisotopic (exact) mass is 435 g/mol. The van der Waals surface area contributed by atoms with Gasteiger partial charge in [0.05, 0.1) is 30.9 Å². The van der Waals surface area contributed by atoms with Crippen molar-refractivity contribution >= 4 is 40.7 Å². The normalized spacial score (nSPS) is 18.3. The zero-order valence-electron chi connectivity index (χ0n) is 15.8. The lowest BCUT2D eigenvalue weighted by molar-refractivity contribution is -0.140. The molecule has 1 unspecified atom stereocenters. The van der Waals surface area contributed by atoms with Gasteiger partial charge in [-0.05, 0) is 35.9 Å². The first-order chi connectivity index (χ1) is 13.9. The fraction of sp³-hybridized carbons (Fsp3) is 0.238. The minimum Gasteiger partial charge on any atom is -0.507 e. The number of aliphatic hydroxyl groups excluding tert-OH is 1. The Morgan fingerprint density at radius 1 is 1.07 bits per heavy atom. The van der Waals surface area contributed by atoms with E-state index in [0.717, 1.165) is 0 Å². The molecule has 0 radical (unpaired) electrons. The van der Waals surface area contributed by atoms with Crippen molar-refractivity contribution in [1.29, 1.82) is 0 Å². The second-order valence-corrected chi connectivity index (χ2v) is 7.25. The van der Waals surface area contributed by atoms with Crippen LogP contribution in [0.3, 0.4) is 0 Å². The van der Waals surface area contributed by atoms with Gasteiger partial charge in [0, 0.05) is 23.7 Å². The number of likely N-dealkylation sites (tertiary alicyclic amines) is 1. The Labute approximate surface area is 178 Å². The van der Waals surface area contributed by atoms with Gasteiger partial charge in [0.2, 0.25) is 0 Å². The average molecular weight is 436 g/mol. The predicted molar refractivity (Wildman–Crippen MR) is 110 cm³/mol. The van der Waals surface area contributed by atoms with E-state index in [4.69, 9.17) is 32.7 Å². The number of benzene rings is 2. The van der Waals surface area contributed by atoms with Crippen LogP contribution in [0.25, 0.3) is 5.76 Å². The lowest BCUT2D eigenvalue weighted by Crippen LogP contribution is -2.32. The molecule has 6 nitrogen and oxygen atoms in total. The van der Waals surface area contributed by atoms with Crippen molar-refractivity contribution < 1.29 is 24.2 Å². The number of carbonyl (C=O) groups excluding carboxylic acids is 2. The topological polar surface area (TPSA) is 76.1 Å². The highest BCUT2D eigenvalue weighted by molar-refractivity contribution is 6.46. The molecule has 1 aliphatic heterocycles. The second kappa shape index (κ2) is 8.86. The van der Waals surface area contributed by atoms with E-state index >= 15 is 0 Å². The number of hydrogen-bond acceptors (Lipinski definition) is 5. The Kier molecular flexibility index (Phi) is 6.47. The molecule has 152 valence electrons. The van der Waals surface area contributed by atoms with Crippen LogP contribution >= 0.6 is 23.2 Å². The Morgan fingerprint density at radius 3 is 2.34 bits per heavy atom. The molecule has 1 fully saturated rings. The molecular weight excluding hydrogens is 417 g/mol. The van der Waals surface area contributed by atoms with Gasteiger partial charge in [-0.15, -0.1) is 0 Å². The van der Waals surface area contributed by atoms with E-state index in [9.17, 15) is 14.7 Å². The lowest BCUT2D eigenvalue weighted by Gasteiger charge is -2.25. The number of halogens is 2. The third-order valence-electron chi connectivity index (χ3n) is 4.68. The first-order valence-corrected chi connectivity index (χ1v) is 9.51. The summed E-state index contributed by atoms with van der Waals surface area (Å²) in [4.78, 5) is 27.0. The fourth-order valence-electron chi connectivity index (χ4n) is 3.30. The molecule has 1 N–H and O–H groups in total. The number of rotatable bonds is 6. The summed E-state index contributed by atoms with van der Waals surface area (Å²) in [6.07, 6.45) is 0. The lowest BCUT2D eigenvalue weighted by atomic mass is 9.95. The van der Waals surface area contributed by atoms with Crippen LogP contribution in [0, 0.1) is 0 Å². The number of aliphatic hydroxyl groups is 1. The van der Waals surface area contributed by atoms with Gasteiger partial charge in [0.1, 0.15) is 11.5 Å². The van der Waals surface area contributed by atoms with Gasteiger partial charge in [0.15, 0.2) is 0 Å². The van der Waals surface area contributed by atoms with Gasteiger partial charge in [-0.2, -0.15) is 0 Å². The molecule has 8 heteroatoms. The van der Waals surface area contributed by atoms with E-state index in [2.05, 4.69) is 0 Å². The van der Waals surface area contributed by atoms with E-state index < -0.39 is 17.7 Å². The first kappa shape index (κ1) is 21.2. The standard InChI is InChI=1S/C21H19Cl2NO5/c1-28-10-9-24-18(12-3-5-13(22)6-4-12)17(20(26)21(24)27)19(25)15-11-14(23)7-8-16(15)29-2/h3-8,11,18,25H,9-10H2,1-2H3/b19-17+. The van der Waals surface area contributed by atoms with Crippen molar-refractivity contribution in [2.24, 2.45) is 0 Å². The number of Topliss-reactive ketones (excluding diaryl/α,β-unsaturated/α-hetero) is 1. The van der Waals surface area contributed by atoms with Crippen LogP contribution in [0.2, 0.25) is 10.0 Å². The van der Waals surface area contributed by atoms with Gasteiger partial charge in [-0.3, -0.25) is 9.59 Å². The zero-order chi connectivity index (χ0) is 21.1. The zero-order valence-corrected chi connectivity index (χ0v) is 17.3. The number of carbonyl (C=O) groups is 2. The maximum atomic E-state index is 12.9. The number of nitrogens with zero attached hydrogens (tertiary/aromatic N) is 1. The molecule has 1 saturated heterocycles. The molecule has 0 aliphatic carbocycles. The number of amides is 1. The third-order valence-corrected chi connectivity index (χ3v) is 5.17. The Hall–Kier alpha value is -2.54. The minimum atomic E-state index is -0.800. The van der Waals surface area contributed by atoms with Gasteiger partial charge < -0.3 is 19.5 Å². The summed E-state index contributed by atoms with van der Waals surface area (Å²) >= 11 is 12.1. The van der Waals surface area contributed by atoms with E-state index in [-0.39, 0.29) is 30.0 Å². The number of methoxy groups -OCH3 is 2. The van der Waals surface area contributed by atoms with Crippen LogP contribution in [0.15, 0.2) is 48.0 Å². The molecule has 2 aromatic carbocycles. The summed E-state index contributed by atoms with van der Waals surface area (Å²) in [6.45, 7) is 0.412. The molecular formula is C21H19Cl2NO5. The highest BCUT2D eigenvalue weighted by Gasteiger charge is 2.46. The van der Waals surface area contributed by atoms with E-state index in [0.29, 0.717) is 21.4 Å².